The summed E-state index contributed by atoms with van der Waals surface area (Å²) in [6.45, 7) is 0.651. The van der Waals surface area contributed by atoms with Gasteiger partial charge in [-0.25, -0.2) is 0 Å². The second kappa shape index (κ2) is 6.61. The van der Waals surface area contributed by atoms with Crippen LogP contribution >= 0.6 is 0 Å². The van der Waals surface area contributed by atoms with Crippen molar-refractivity contribution >= 4 is 17.3 Å². The van der Waals surface area contributed by atoms with Crippen molar-refractivity contribution in [1.29, 1.82) is 0 Å². The number of carbonyl (C=O) groups is 1. The van der Waals surface area contributed by atoms with E-state index >= 15 is 0 Å². The lowest BCUT2D eigenvalue weighted by molar-refractivity contribution is 0.100. The molecule has 5 heteroatoms. The van der Waals surface area contributed by atoms with Crippen molar-refractivity contribution in [3.8, 4) is 0 Å². The van der Waals surface area contributed by atoms with Crippen molar-refractivity contribution in [2.45, 2.75) is 38.1 Å². The predicted molar refractivity (Wildman–Crippen MR) is 80.7 cm³/mol. The third-order valence-corrected chi connectivity index (χ3v) is 3.98. The fourth-order valence-electron chi connectivity index (χ4n) is 2.97. The van der Waals surface area contributed by atoms with Crippen LogP contribution in [0.15, 0.2) is 18.2 Å². The number of nitrogen functional groups attached to an aromatic ring is 1. The summed E-state index contributed by atoms with van der Waals surface area (Å²) in [5, 5.41) is 9.31. The zero-order chi connectivity index (χ0) is 14.5. The molecule has 0 aliphatic heterocycles. The average molecular weight is 277 g/mol. The van der Waals surface area contributed by atoms with Crippen LogP contribution < -0.4 is 16.4 Å². The zero-order valence-corrected chi connectivity index (χ0v) is 11.7. The molecule has 1 aliphatic carbocycles. The highest BCUT2D eigenvalue weighted by atomic mass is 16.3. The number of carbonyl (C=O) groups excluding carboxylic acids is 1. The summed E-state index contributed by atoms with van der Waals surface area (Å²) in [4.78, 5) is 13.3. The minimum atomic E-state index is -0.477. The number of primary amides is 1. The van der Waals surface area contributed by atoms with Crippen LogP contribution in [0.1, 0.15) is 42.5 Å². The van der Waals surface area contributed by atoms with Crippen LogP contribution in [0.3, 0.4) is 0 Å². The molecule has 0 aromatic heterocycles. The first-order chi connectivity index (χ1) is 9.63. The standard InChI is InChI=1S/C15H23N3O2/c16-13-10-11(15(17)20)6-7-14(13)18(8-9-19)12-4-2-1-3-5-12/h6-7,10,12,19H,1-5,8-9,16H2,(H2,17,20). The number of nitrogens with two attached hydrogens (primary N) is 2. The van der Waals surface area contributed by atoms with E-state index in [1.54, 1.807) is 12.1 Å². The third-order valence-electron chi connectivity index (χ3n) is 3.98. The van der Waals surface area contributed by atoms with Crippen molar-refractivity contribution in [2.75, 3.05) is 23.8 Å². The summed E-state index contributed by atoms with van der Waals surface area (Å²) in [5.41, 5.74) is 13.2. The van der Waals surface area contributed by atoms with E-state index < -0.39 is 5.91 Å². The average Bonchev–Trinajstić information content (AvgIpc) is 2.46. The van der Waals surface area contributed by atoms with Gasteiger partial charge in [0.1, 0.15) is 0 Å². The number of rotatable bonds is 5. The van der Waals surface area contributed by atoms with Crippen molar-refractivity contribution in [3.63, 3.8) is 0 Å². The second-order valence-electron chi connectivity index (χ2n) is 5.35. The Balaban J connectivity index is 2.26. The molecule has 5 nitrogen and oxygen atoms in total. The van der Waals surface area contributed by atoms with E-state index in [1.807, 2.05) is 6.07 Å². The summed E-state index contributed by atoms with van der Waals surface area (Å²) in [6, 6.07) is 5.56. The highest BCUT2D eigenvalue weighted by Crippen LogP contribution is 2.31. The summed E-state index contributed by atoms with van der Waals surface area (Å²) in [6.07, 6.45) is 5.95. The van der Waals surface area contributed by atoms with Crippen LogP contribution in [-0.2, 0) is 0 Å². The van der Waals surface area contributed by atoms with Gasteiger partial charge in [0.05, 0.1) is 18.0 Å². The quantitative estimate of drug-likeness (QED) is 0.711. The molecule has 1 amide bonds. The van der Waals surface area contributed by atoms with Crippen molar-refractivity contribution in [2.24, 2.45) is 5.73 Å². The van der Waals surface area contributed by atoms with E-state index in [0.717, 1.165) is 18.5 Å². The Labute approximate surface area is 119 Å². The Morgan fingerprint density at radius 1 is 1.30 bits per heavy atom. The molecule has 0 spiro atoms. The van der Waals surface area contributed by atoms with Gasteiger partial charge in [-0.2, -0.15) is 0 Å². The molecular weight excluding hydrogens is 254 g/mol. The molecule has 5 N–H and O–H groups in total. The molecule has 0 unspecified atom stereocenters. The number of aliphatic hydroxyl groups is 1. The first-order valence-corrected chi connectivity index (χ1v) is 7.20. The van der Waals surface area contributed by atoms with Gasteiger partial charge in [0.15, 0.2) is 0 Å². The zero-order valence-electron chi connectivity index (χ0n) is 11.7. The molecule has 1 aromatic carbocycles. The van der Waals surface area contributed by atoms with Gasteiger partial charge in [-0.1, -0.05) is 19.3 Å². The predicted octanol–water partition coefficient (Wildman–Crippen LogP) is 1.50. The van der Waals surface area contributed by atoms with E-state index in [-0.39, 0.29) is 6.61 Å². The van der Waals surface area contributed by atoms with Crippen LogP contribution in [0.5, 0.6) is 0 Å². The van der Waals surface area contributed by atoms with Gasteiger partial charge < -0.3 is 21.5 Å². The molecule has 1 aliphatic rings. The van der Waals surface area contributed by atoms with Gasteiger partial charge in [-0.05, 0) is 31.0 Å². The van der Waals surface area contributed by atoms with Gasteiger partial charge in [-0.3, -0.25) is 4.79 Å². The fraction of sp³-hybridized carbons (Fsp3) is 0.533. The summed E-state index contributed by atoms with van der Waals surface area (Å²) >= 11 is 0. The van der Waals surface area contributed by atoms with Crippen LogP contribution in [0.2, 0.25) is 0 Å². The Kier molecular flexibility index (Phi) is 4.84. The first-order valence-electron chi connectivity index (χ1n) is 7.20. The molecular formula is C15H23N3O2. The molecule has 1 aromatic rings. The number of aliphatic hydroxyl groups excluding tert-OH is 1. The maximum absolute atomic E-state index is 11.2. The summed E-state index contributed by atoms with van der Waals surface area (Å²) in [5.74, 6) is -0.477. The topological polar surface area (TPSA) is 92.6 Å². The largest absolute Gasteiger partial charge is 0.397 e. The van der Waals surface area contributed by atoms with Crippen molar-refractivity contribution in [3.05, 3.63) is 23.8 Å². The molecule has 110 valence electrons. The van der Waals surface area contributed by atoms with Crippen LogP contribution in [0.4, 0.5) is 11.4 Å². The molecule has 0 heterocycles. The number of nitrogens with zero attached hydrogens (tertiary/aromatic N) is 1. The number of benzene rings is 1. The summed E-state index contributed by atoms with van der Waals surface area (Å²) < 4.78 is 0. The first kappa shape index (κ1) is 14.7. The lowest BCUT2D eigenvalue weighted by Gasteiger charge is -2.36. The van der Waals surface area contributed by atoms with Crippen molar-refractivity contribution < 1.29 is 9.90 Å². The van der Waals surface area contributed by atoms with Crippen LogP contribution in [0.25, 0.3) is 0 Å². The number of hydrogen-bond acceptors (Lipinski definition) is 4. The number of amides is 1. The van der Waals surface area contributed by atoms with Crippen LogP contribution in [0, 0.1) is 0 Å². The van der Waals surface area contributed by atoms with Gasteiger partial charge >= 0.3 is 0 Å². The Morgan fingerprint density at radius 3 is 2.55 bits per heavy atom. The van der Waals surface area contributed by atoms with E-state index in [9.17, 15) is 9.90 Å². The fourth-order valence-corrected chi connectivity index (χ4v) is 2.97. The SMILES string of the molecule is NC(=O)c1ccc(N(CCO)C2CCCCC2)c(N)c1. The second-order valence-corrected chi connectivity index (χ2v) is 5.35. The molecule has 0 radical (unpaired) electrons. The van der Waals surface area contributed by atoms with Gasteiger partial charge in [0.2, 0.25) is 5.91 Å². The highest BCUT2D eigenvalue weighted by Gasteiger charge is 2.22. The van der Waals surface area contributed by atoms with Crippen molar-refractivity contribution in [1.82, 2.24) is 0 Å². The molecule has 0 bridgehead atoms. The van der Waals surface area contributed by atoms with Crippen LogP contribution in [-0.4, -0.2) is 30.2 Å². The van der Waals surface area contributed by atoms with Gasteiger partial charge in [0.25, 0.3) is 0 Å². The third kappa shape index (κ3) is 3.22. The van der Waals surface area contributed by atoms with Gasteiger partial charge in [0, 0.05) is 18.2 Å². The number of anilines is 2. The van der Waals surface area contributed by atoms with E-state index in [0.29, 0.717) is 23.8 Å². The lowest BCUT2D eigenvalue weighted by atomic mass is 9.93. The summed E-state index contributed by atoms with van der Waals surface area (Å²) in [7, 11) is 0. The Hall–Kier alpha value is -1.75. The Bertz CT molecular complexity index is 470. The molecule has 0 atom stereocenters. The molecule has 20 heavy (non-hydrogen) atoms. The van der Waals surface area contributed by atoms with Gasteiger partial charge in [-0.15, -0.1) is 0 Å². The molecule has 1 saturated carbocycles. The normalized spacial score (nSPS) is 16.1. The number of hydrogen-bond donors (Lipinski definition) is 3. The Morgan fingerprint density at radius 2 is 2.00 bits per heavy atom. The smallest absolute Gasteiger partial charge is 0.248 e. The highest BCUT2D eigenvalue weighted by molar-refractivity contribution is 5.94. The minimum Gasteiger partial charge on any atom is -0.397 e. The molecule has 0 saturated heterocycles. The van der Waals surface area contributed by atoms with E-state index in [1.165, 1.54) is 19.3 Å². The monoisotopic (exact) mass is 277 g/mol. The van der Waals surface area contributed by atoms with E-state index in [4.69, 9.17) is 11.5 Å². The minimum absolute atomic E-state index is 0.0908. The maximum atomic E-state index is 11.2. The lowest BCUT2D eigenvalue weighted by Crippen LogP contribution is -2.39. The van der Waals surface area contributed by atoms with E-state index in [2.05, 4.69) is 4.90 Å². The maximum Gasteiger partial charge on any atom is 0.248 e. The molecule has 1 fully saturated rings. The molecule has 2 rings (SSSR count).